The second-order valence-electron chi connectivity index (χ2n) is 4.51. The predicted octanol–water partition coefficient (Wildman–Crippen LogP) is 1.94. The van der Waals surface area contributed by atoms with Crippen molar-refractivity contribution < 1.29 is 9.90 Å². The molecule has 0 saturated carbocycles. The van der Waals surface area contributed by atoms with Gasteiger partial charge in [0.2, 0.25) is 0 Å². The van der Waals surface area contributed by atoms with Gasteiger partial charge in [-0.1, -0.05) is 37.9 Å². The first-order valence-electron chi connectivity index (χ1n) is 6.33. The van der Waals surface area contributed by atoms with Gasteiger partial charge in [-0.3, -0.25) is 0 Å². The maximum atomic E-state index is 11.5. The fourth-order valence-electron chi connectivity index (χ4n) is 1.43. The third kappa shape index (κ3) is 5.89. The van der Waals surface area contributed by atoms with Crippen molar-refractivity contribution in [1.82, 2.24) is 15.6 Å². The van der Waals surface area contributed by atoms with Crippen LogP contribution in [-0.4, -0.2) is 28.8 Å². The number of carbonyl (C=O) groups excluding carboxylic acids is 1. The molecule has 1 heterocycles. The predicted molar refractivity (Wildman–Crippen MR) is 74.9 cm³/mol. The summed E-state index contributed by atoms with van der Waals surface area (Å²) in [7, 11) is 0. The van der Waals surface area contributed by atoms with Crippen LogP contribution in [0.2, 0.25) is 5.15 Å². The number of aliphatic hydroxyl groups excluding tert-OH is 1. The molecule has 106 valence electrons. The largest absolute Gasteiger partial charge is 0.391 e. The van der Waals surface area contributed by atoms with Crippen molar-refractivity contribution >= 4 is 17.6 Å². The second kappa shape index (κ2) is 7.96. The van der Waals surface area contributed by atoms with E-state index in [-0.39, 0.29) is 18.5 Å². The van der Waals surface area contributed by atoms with Crippen molar-refractivity contribution in [1.29, 1.82) is 0 Å². The van der Waals surface area contributed by atoms with Crippen LogP contribution in [0.15, 0.2) is 18.3 Å². The number of amides is 2. The van der Waals surface area contributed by atoms with Crippen LogP contribution in [0.3, 0.4) is 0 Å². The molecule has 0 aliphatic heterocycles. The highest BCUT2D eigenvalue weighted by Crippen LogP contribution is 2.06. The number of halogens is 1. The van der Waals surface area contributed by atoms with Gasteiger partial charge in [-0.25, -0.2) is 9.78 Å². The highest BCUT2D eigenvalue weighted by atomic mass is 35.5. The summed E-state index contributed by atoms with van der Waals surface area (Å²) in [6, 6.07) is 3.16. The third-order valence-corrected chi connectivity index (χ3v) is 3.24. The Kier molecular flexibility index (Phi) is 6.59. The molecule has 0 bridgehead atoms. The number of rotatable bonds is 6. The lowest BCUT2D eigenvalue weighted by molar-refractivity contribution is 0.114. The Bertz CT molecular complexity index is 397. The molecule has 0 saturated heterocycles. The zero-order valence-corrected chi connectivity index (χ0v) is 11.9. The van der Waals surface area contributed by atoms with Gasteiger partial charge >= 0.3 is 6.03 Å². The first kappa shape index (κ1) is 15.7. The molecule has 2 unspecified atom stereocenters. The molecule has 5 nitrogen and oxygen atoms in total. The topological polar surface area (TPSA) is 74.2 Å². The van der Waals surface area contributed by atoms with Crippen molar-refractivity contribution in [3.8, 4) is 0 Å². The van der Waals surface area contributed by atoms with Crippen LogP contribution in [0.25, 0.3) is 0 Å². The normalized spacial score (nSPS) is 13.7. The van der Waals surface area contributed by atoms with Gasteiger partial charge in [-0.05, 0) is 17.5 Å². The minimum Gasteiger partial charge on any atom is -0.391 e. The molecule has 3 N–H and O–H groups in total. The summed E-state index contributed by atoms with van der Waals surface area (Å²) in [6.45, 7) is 4.57. The first-order chi connectivity index (χ1) is 9.02. The maximum Gasteiger partial charge on any atom is 0.315 e. The summed E-state index contributed by atoms with van der Waals surface area (Å²) in [5.41, 5.74) is 0.863. The number of nitrogens with one attached hydrogen (secondary N) is 2. The van der Waals surface area contributed by atoms with Gasteiger partial charge in [-0.15, -0.1) is 0 Å². The quantitative estimate of drug-likeness (QED) is 0.699. The van der Waals surface area contributed by atoms with Gasteiger partial charge < -0.3 is 15.7 Å². The zero-order valence-electron chi connectivity index (χ0n) is 11.2. The van der Waals surface area contributed by atoms with Gasteiger partial charge in [0.1, 0.15) is 5.15 Å². The van der Waals surface area contributed by atoms with E-state index in [0.717, 1.165) is 12.0 Å². The SMILES string of the molecule is CCC(C)C(O)CNC(=O)NCc1ccc(Cl)nc1. The van der Waals surface area contributed by atoms with Gasteiger partial charge in [0.25, 0.3) is 0 Å². The molecule has 0 aliphatic rings. The van der Waals surface area contributed by atoms with Crippen LogP contribution in [-0.2, 0) is 6.54 Å². The van der Waals surface area contributed by atoms with Crippen LogP contribution >= 0.6 is 11.6 Å². The Hall–Kier alpha value is -1.33. The smallest absolute Gasteiger partial charge is 0.315 e. The fraction of sp³-hybridized carbons (Fsp3) is 0.538. The van der Waals surface area contributed by atoms with E-state index in [1.54, 1.807) is 18.3 Å². The van der Waals surface area contributed by atoms with Crippen LogP contribution in [0.5, 0.6) is 0 Å². The molecule has 0 spiro atoms. The number of aromatic nitrogens is 1. The molecule has 1 aromatic rings. The molecule has 0 aliphatic carbocycles. The van der Waals surface area contributed by atoms with E-state index in [1.807, 2.05) is 13.8 Å². The van der Waals surface area contributed by atoms with E-state index in [2.05, 4.69) is 15.6 Å². The summed E-state index contributed by atoms with van der Waals surface area (Å²) in [4.78, 5) is 15.4. The van der Waals surface area contributed by atoms with E-state index in [1.165, 1.54) is 0 Å². The van der Waals surface area contributed by atoms with E-state index in [4.69, 9.17) is 11.6 Å². The average molecular weight is 286 g/mol. The Balaban J connectivity index is 2.26. The zero-order chi connectivity index (χ0) is 14.3. The van der Waals surface area contributed by atoms with Crippen LogP contribution < -0.4 is 10.6 Å². The van der Waals surface area contributed by atoms with E-state index in [9.17, 15) is 9.90 Å². The van der Waals surface area contributed by atoms with Crippen molar-refractivity contribution in [3.05, 3.63) is 29.0 Å². The molecular weight excluding hydrogens is 266 g/mol. The van der Waals surface area contributed by atoms with Crippen molar-refractivity contribution in [2.24, 2.45) is 5.92 Å². The standard InChI is InChI=1S/C13H20ClN3O2/c1-3-9(2)11(18)8-17-13(19)16-7-10-4-5-12(14)15-6-10/h4-6,9,11,18H,3,7-8H2,1-2H3,(H2,16,17,19). The summed E-state index contributed by atoms with van der Waals surface area (Å²) in [5.74, 6) is 0.167. The molecule has 19 heavy (non-hydrogen) atoms. The highest BCUT2D eigenvalue weighted by molar-refractivity contribution is 6.29. The fourth-order valence-corrected chi connectivity index (χ4v) is 1.54. The van der Waals surface area contributed by atoms with Gasteiger partial charge in [0, 0.05) is 19.3 Å². The molecule has 0 radical (unpaired) electrons. The molecule has 2 amide bonds. The molecule has 6 heteroatoms. The van der Waals surface area contributed by atoms with E-state index < -0.39 is 6.10 Å². The van der Waals surface area contributed by atoms with Gasteiger partial charge in [0.15, 0.2) is 0 Å². The van der Waals surface area contributed by atoms with Crippen molar-refractivity contribution in [3.63, 3.8) is 0 Å². The number of aliphatic hydroxyl groups is 1. The molecule has 1 rings (SSSR count). The Labute approximate surface area is 118 Å². The Morgan fingerprint density at radius 3 is 2.79 bits per heavy atom. The number of nitrogens with zero attached hydrogens (tertiary/aromatic N) is 1. The molecule has 0 fully saturated rings. The minimum atomic E-state index is -0.520. The first-order valence-corrected chi connectivity index (χ1v) is 6.71. The van der Waals surface area contributed by atoms with Gasteiger partial charge in [-0.2, -0.15) is 0 Å². The summed E-state index contributed by atoms with van der Waals surface area (Å²) < 4.78 is 0. The lowest BCUT2D eigenvalue weighted by Gasteiger charge is -2.17. The Morgan fingerprint density at radius 1 is 1.47 bits per heavy atom. The monoisotopic (exact) mass is 285 g/mol. The second-order valence-corrected chi connectivity index (χ2v) is 4.89. The number of carbonyl (C=O) groups is 1. The van der Waals surface area contributed by atoms with E-state index >= 15 is 0 Å². The van der Waals surface area contributed by atoms with Crippen LogP contribution in [0, 0.1) is 5.92 Å². The van der Waals surface area contributed by atoms with Crippen LogP contribution in [0.4, 0.5) is 4.79 Å². The number of hydrogen-bond acceptors (Lipinski definition) is 3. The lowest BCUT2D eigenvalue weighted by atomic mass is 10.0. The Morgan fingerprint density at radius 2 is 2.21 bits per heavy atom. The van der Waals surface area contributed by atoms with Crippen LogP contribution in [0.1, 0.15) is 25.8 Å². The third-order valence-electron chi connectivity index (χ3n) is 3.01. The average Bonchev–Trinajstić information content (AvgIpc) is 2.43. The summed E-state index contributed by atoms with van der Waals surface area (Å²) in [5, 5.41) is 15.5. The molecular formula is C13H20ClN3O2. The lowest BCUT2D eigenvalue weighted by Crippen LogP contribution is -2.41. The number of pyridine rings is 1. The summed E-state index contributed by atoms with van der Waals surface area (Å²) in [6.07, 6.45) is 1.96. The molecule has 0 aromatic carbocycles. The minimum absolute atomic E-state index is 0.167. The molecule has 1 aromatic heterocycles. The molecule has 2 atom stereocenters. The summed E-state index contributed by atoms with van der Waals surface area (Å²) >= 11 is 5.66. The van der Waals surface area contributed by atoms with Crippen molar-refractivity contribution in [2.45, 2.75) is 32.9 Å². The highest BCUT2D eigenvalue weighted by Gasteiger charge is 2.12. The number of hydrogen-bond donors (Lipinski definition) is 3. The maximum absolute atomic E-state index is 11.5. The number of urea groups is 1. The van der Waals surface area contributed by atoms with E-state index in [0.29, 0.717) is 11.7 Å². The van der Waals surface area contributed by atoms with Gasteiger partial charge in [0.05, 0.1) is 6.10 Å². The van der Waals surface area contributed by atoms with Crippen molar-refractivity contribution in [2.75, 3.05) is 6.54 Å².